The van der Waals surface area contributed by atoms with Gasteiger partial charge in [-0.25, -0.2) is 0 Å². The van der Waals surface area contributed by atoms with Crippen molar-refractivity contribution in [2.75, 3.05) is 0 Å². The molecule has 0 heterocycles. The second-order valence-corrected chi connectivity index (χ2v) is 4.33. The molecule has 2 atom stereocenters. The normalized spacial score (nSPS) is 24.4. The van der Waals surface area contributed by atoms with Crippen LogP contribution in [-0.2, 0) is 0 Å². The van der Waals surface area contributed by atoms with Crippen molar-refractivity contribution >= 4 is 0 Å². The van der Waals surface area contributed by atoms with Crippen molar-refractivity contribution in [1.82, 2.24) is 0 Å². The molecular formula is C13H19N. The van der Waals surface area contributed by atoms with E-state index in [9.17, 15) is 0 Å². The van der Waals surface area contributed by atoms with Gasteiger partial charge in [-0.3, -0.25) is 0 Å². The molecule has 0 saturated carbocycles. The van der Waals surface area contributed by atoms with Gasteiger partial charge in [-0.1, -0.05) is 24.6 Å². The number of hydrogen-bond donors (Lipinski definition) is 0. The highest BCUT2D eigenvalue weighted by Crippen LogP contribution is 2.30. The molecule has 1 heteroatoms. The number of rotatable bonds is 3. The maximum Gasteiger partial charge on any atom is 0.0908 e. The summed E-state index contributed by atoms with van der Waals surface area (Å²) < 4.78 is 0. The summed E-state index contributed by atoms with van der Waals surface area (Å²) in [4.78, 5) is 0. The van der Waals surface area contributed by atoms with Crippen molar-refractivity contribution in [2.24, 2.45) is 11.8 Å². The topological polar surface area (TPSA) is 23.8 Å². The highest BCUT2D eigenvalue weighted by molar-refractivity contribution is 5.05. The summed E-state index contributed by atoms with van der Waals surface area (Å²) in [5.41, 5.74) is 1.54. The van der Waals surface area contributed by atoms with Gasteiger partial charge in [0, 0.05) is 6.08 Å². The van der Waals surface area contributed by atoms with Crippen LogP contribution >= 0.6 is 0 Å². The van der Waals surface area contributed by atoms with Crippen LogP contribution in [0.5, 0.6) is 0 Å². The Hall–Kier alpha value is -1.03. The summed E-state index contributed by atoms with van der Waals surface area (Å²) in [5.74, 6) is 1.53. The molecule has 0 aromatic rings. The lowest BCUT2D eigenvalue weighted by molar-refractivity contribution is 0.330. The van der Waals surface area contributed by atoms with Crippen LogP contribution in [0.3, 0.4) is 0 Å². The van der Waals surface area contributed by atoms with Crippen molar-refractivity contribution in [3.8, 4) is 6.07 Å². The predicted octanol–water partition coefficient (Wildman–Crippen LogP) is 3.84. The van der Waals surface area contributed by atoms with Crippen LogP contribution in [-0.4, -0.2) is 0 Å². The van der Waals surface area contributed by atoms with Gasteiger partial charge < -0.3 is 0 Å². The first-order valence-electron chi connectivity index (χ1n) is 5.44. The maximum atomic E-state index is 8.38. The summed E-state index contributed by atoms with van der Waals surface area (Å²) >= 11 is 0. The summed E-state index contributed by atoms with van der Waals surface area (Å²) in [7, 11) is 0. The fourth-order valence-corrected chi connectivity index (χ4v) is 2.03. The second kappa shape index (κ2) is 5.65. The molecule has 1 nitrogen and oxygen atoms in total. The molecule has 0 aliphatic heterocycles. The zero-order valence-corrected chi connectivity index (χ0v) is 9.16. The van der Waals surface area contributed by atoms with Crippen molar-refractivity contribution in [2.45, 2.75) is 39.5 Å². The third kappa shape index (κ3) is 3.38. The molecule has 0 amide bonds. The minimum absolute atomic E-state index is 0.712. The van der Waals surface area contributed by atoms with E-state index in [0.29, 0.717) is 5.92 Å². The smallest absolute Gasteiger partial charge is 0.0908 e. The molecule has 1 rings (SSSR count). The summed E-state index contributed by atoms with van der Waals surface area (Å²) in [6.07, 6.45) is 10.8. The van der Waals surface area contributed by atoms with E-state index in [2.05, 4.69) is 19.9 Å². The molecule has 0 spiro atoms. The van der Waals surface area contributed by atoms with Gasteiger partial charge in [-0.05, 0) is 44.4 Å². The van der Waals surface area contributed by atoms with Crippen molar-refractivity contribution in [3.63, 3.8) is 0 Å². The predicted molar refractivity (Wildman–Crippen MR) is 59.6 cm³/mol. The fourth-order valence-electron chi connectivity index (χ4n) is 2.03. The highest BCUT2D eigenvalue weighted by atomic mass is 14.2. The Morgan fingerprint density at radius 3 is 3.07 bits per heavy atom. The van der Waals surface area contributed by atoms with Gasteiger partial charge in [-0.15, -0.1) is 0 Å². The van der Waals surface area contributed by atoms with E-state index in [1.54, 1.807) is 11.6 Å². The van der Waals surface area contributed by atoms with E-state index in [4.69, 9.17) is 5.26 Å². The van der Waals surface area contributed by atoms with E-state index in [1.807, 2.05) is 12.1 Å². The van der Waals surface area contributed by atoms with Crippen LogP contribution in [0, 0.1) is 23.2 Å². The molecule has 0 radical (unpaired) electrons. The standard InChI is InChI=1S/C13H19N/c1-11-6-8-13(9-7-11)12(2)5-3-4-10-14/h3-4,6,12-13H,5,7-9H2,1-2H3/b4-3+. The summed E-state index contributed by atoms with van der Waals surface area (Å²) in [6, 6.07) is 2.04. The minimum Gasteiger partial charge on any atom is -0.193 e. The van der Waals surface area contributed by atoms with E-state index in [-0.39, 0.29) is 0 Å². The van der Waals surface area contributed by atoms with Crippen molar-refractivity contribution in [1.29, 1.82) is 5.26 Å². The van der Waals surface area contributed by atoms with Crippen molar-refractivity contribution in [3.05, 3.63) is 23.8 Å². The Balaban J connectivity index is 2.35. The van der Waals surface area contributed by atoms with Crippen LogP contribution in [0.25, 0.3) is 0 Å². The van der Waals surface area contributed by atoms with Crippen LogP contribution < -0.4 is 0 Å². The molecule has 0 aromatic carbocycles. The van der Waals surface area contributed by atoms with Gasteiger partial charge >= 0.3 is 0 Å². The lowest BCUT2D eigenvalue weighted by Gasteiger charge is -2.25. The maximum absolute atomic E-state index is 8.38. The molecule has 1 aliphatic rings. The van der Waals surface area contributed by atoms with Crippen LogP contribution in [0.2, 0.25) is 0 Å². The monoisotopic (exact) mass is 189 g/mol. The number of hydrogen-bond acceptors (Lipinski definition) is 1. The Bertz CT molecular complexity index is 267. The van der Waals surface area contributed by atoms with E-state index in [0.717, 1.165) is 12.3 Å². The number of nitrogens with zero attached hydrogens (tertiary/aromatic N) is 1. The molecule has 0 aromatic heterocycles. The van der Waals surface area contributed by atoms with Crippen molar-refractivity contribution < 1.29 is 0 Å². The van der Waals surface area contributed by atoms with Gasteiger partial charge in [0.2, 0.25) is 0 Å². The summed E-state index contributed by atoms with van der Waals surface area (Å²) in [6.45, 7) is 4.51. The van der Waals surface area contributed by atoms with Gasteiger partial charge in [0.1, 0.15) is 0 Å². The Morgan fingerprint density at radius 2 is 2.50 bits per heavy atom. The fraction of sp³-hybridized carbons (Fsp3) is 0.615. The Kier molecular flexibility index (Phi) is 4.46. The number of nitriles is 1. The minimum atomic E-state index is 0.712. The zero-order chi connectivity index (χ0) is 10.4. The lowest BCUT2D eigenvalue weighted by Crippen LogP contribution is -2.13. The molecule has 0 bridgehead atoms. The Labute approximate surface area is 87.1 Å². The molecule has 14 heavy (non-hydrogen) atoms. The molecule has 1 aliphatic carbocycles. The van der Waals surface area contributed by atoms with Crippen LogP contribution in [0.1, 0.15) is 39.5 Å². The third-order valence-corrected chi connectivity index (χ3v) is 3.18. The Morgan fingerprint density at radius 1 is 1.71 bits per heavy atom. The first-order valence-corrected chi connectivity index (χ1v) is 5.44. The van der Waals surface area contributed by atoms with Gasteiger partial charge in [-0.2, -0.15) is 5.26 Å². The zero-order valence-electron chi connectivity index (χ0n) is 9.16. The molecule has 0 N–H and O–H groups in total. The lowest BCUT2D eigenvalue weighted by atomic mass is 9.80. The van der Waals surface area contributed by atoms with E-state index in [1.165, 1.54) is 19.3 Å². The average Bonchev–Trinajstić information content (AvgIpc) is 2.19. The molecular weight excluding hydrogens is 170 g/mol. The van der Waals surface area contributed by atoms with Crippen LogP contribution in [0.4, 0.5) is 0 Å². The quantitative estimate of drug-likeness (QED) is 0.489. The largest absolute Gasteiger partial charge is 0.193 e. The SMILES string of the molecule is CC1=CCC(C(C)C/C=C/C#N)CC1. The second-order valence-electron chi connectivity index (χ2n) is 4.33. The first kappa shape index (κ1) is 11.0. The van der Waals surface area contributed by atoms with E-state index < -0.39 is 0 Å². The van der Waals surface area contributed by atoms with Gasteiger partial charge in [0.25, 0.3) is 0 Å². The van der Waals surface area contributed by atoms with Gasteiger partial charge in [0.15, 0.2) is 0 Å². The molecule has 0 fully saturated rings. The molecule has 76 valence electrons. The van der Waals surface area contributed by atoms with Gasteiger partial charge in [0.05, 0.1) is 6.07 Å². The summed E-state index contributed by atoms with van der Waals surface area (Å²) in [5, 5.41) is 8.38. The van der Waals surface area contributed by atoms with Crippen LogP contribution in [0.15, 0.2) is 23.8 Å². The highest BCUT2D eigenvalue weighted by Gasteiger charge is 2.17. The number of allylic oxidation sites excluding steroid dienone is 4. The molecule has 2 unspecified atom stereocenters. The first-order chi connectivity index (χ1) is 6.74. The average molecular weight is 189 g/mol. The third-order valence-electron chi connectivity index (χ3n) is 3.18. The molecule has 0 saturated heterocycles. The van der Waals surface area contributed by atoms with E-state index >= 15 is 0 Å².